The standard InChI is InChI=1S/C6H15N2O7P/c7-5(2-10)6(11)8-4(1-9)3-15-16(12,13)14/h4-5,9-10H,1-3,7H2,(H,8,11)(H2,12,13,14)/t4-,5+/m1/s1. The van der Waals surface area contributed by atoms with Crippen molar-refractivity contribution in [2.45, 2.75) is 12.1 Å². The van der Waals surface area contributed by atoms with Crippen LogP contribution in [-0.4, -0.2) is 57.8 Å². The summed E-state index contributed by atoms with van der Waals surface area (Å²) in [6.45, 7) is -1.72. The van der Waals surface area contributed by atoms with Crippen molar-refractivity contribution in [3.8, 4) is 0 Å². The molecule has 9 nitrogen and oxygen atoms in total. The number of phosphoric ester groups is 1. The van der Waals surface area contributed by atoms with Crippen molar-refractivity contribution < 1.29 is 33.9 Å². The fourth-order valence-electron chi connectivity index (χ4n) is 0.718. The Hall–Kier alpha value is -0.540. The van der Waals surface area contributed by atoms with Crippen molar-refractivity contribution in [3.63, 3.8) is 0 Å². The van der Waals surface area contributed by atoms with E-state index in [0.717, 1.165) is 0 Å². The summed E-state index contributed by atoms with van der Waals surface area (Å²) in [5.74, 6) is -0.754. The van der Waals surface area contributed by atoms with Gasteiger partial charge in [0.05, 0.1) is 25.9 Å². The summed E-state index contributed by atoms with van der Waals surface area (Å²) >= 11 is 0. The molecule has 0 spiro atoms. The molecule has 0 fully saturated rings. The Bertz CT molecular complexity index is 268. The topological polar surface area (TPSA) is 162 Å². The molecule has 0 aliphatic heterocycles. The number of amides is 1. The Labute approximate surface area is 91.5 Å². The van der Waals surface area contributed by atoms with Crippen LogP contribution in [0.15, 0.2) is 0 Å². The second-order valence-corrected chi connectivity index (χ2v) is 4.20. The second-order valence-electron chi connectivity index (χ2n) is 2.96. The van der Waals surface area contributed by atoms with Crippen molar-refractivity contribution in [1.29, 1.82) is 0 Å². The van der Waals surface area contributed by atoms with Gasteiger partial charge in [0.2, 0.25) is 5.91 Å². The normalized spacial score (nSPS) is 15.6. The molecule has 0 saturated heterocycles. The van der Waals surface area contributed by atoms with E-state index in [1.807, 2.05) is 0 Å². The maximum atomic E-state index is 11.1. The van der Waals surface area contributed by atoms with Crippen LogP contribution in [0.1, 0.15) is 0 Å². The minimum absolute atomic E-state index is 0.565. The fraction of sp³-hybridized carbons (Fsp3) is 0.833. The predicted octanol–water partition coefficient (Wildman–Crippen LogP) is -3.11. The van der Waals surface area contributed by atoms with Gasteiger partial charge in [-0.15, -0.1) is 0 Å². The Morgan fingerprint density at radius 3 is 2.31 bits per heavy atom. The van der Waals surface area contributed by atoms with E-state index in [9.17, 15) is 9.36 Å². The summed E-state index contributed by atoms with van der Waals surface area (Å²) in [6.07, 6.45) is 0. The number of aliphatic hydroxyl groups is 2. The largest absolute Gasteiger partial charge is 0.469 e. The van der Waals surface area contributed by atoms with E-state index in [1.165, 1.54) is 0 Å². The monoisotopic (exact) mass is 258 g/mol. The van der Waals surface area contributed by atoms with Crippen molar-refractivity contribution >= 4 is 13.7 Å². The van der Waals surface area contributed by atoms with Gasteiger partial charge >= 0.3 is 7.82 Å². The number of nitrogens with two attached hydrogens (primary N) is 1. The number of aliphatic hydroxyl groups excluding tert-OH is 2. The lowest BCUT2D eigenvalue weighted by molar-refractivity contribution is -0.124. The summed E-state index contributed by atoms with van der Waals surface area (Å²) in [7, 11) is -4.65. The SMILES string of the molecule is N[C@@H](CO)C(=O)N[C@H](CO)COP(=O)(O)O. The van der Waals surface area contributed by atoms with Gasteiger partial charge in [0.15, 0.2) is 0 Å². The van der Waals surface area contributed by atoms with Crippen molar-refractivity contribution in [1.82, 2.24) is 5.32 Å². The number of carbonyl (C=O) groups is 1. The fourth-order valence-corrected chi connectivity index (χ4v) is 1.09. The molecule has 0 aliphatic carbocycles. The predicted molar refractivity (Wildman–Crippen MR) is 52.1 cm³/mol. The highest BCUT2D eigenvalue weighted by molar-refractivity contribution is 7.46. The third-order valence-electron chi connectivity index (χ3n) is 1.54. The number of hydrogen-bond donors (Lipinski definition) is 6. The van der Waals surface area contributed by atoms with Crippen LogP contribution in [-0.2, 0) is 13.9 Å². The lowest BCUT2D eigenvalue weighted by atomic mass is 10.2. The third-order valence-corrected chi connectivity index (χ3v) is 2.03. The first-order valence-corrected chi connectivity index (χ1v) is 5.81. The van der Waals surface area contributed by atoms with Crippen LogP contribution in [0, 0.1) is 0 Å². The van der Waals surface area contributed by atoms with E-state index >= 15 is 0 Å². The van der Waals surface area contributed by atoms with Crippen LogP contribution in [0.5, 0.6) is 0 Å². The first-order valence-electron chi connectivity index (χ1n) is 4.28. The van der Waals surface area contributed by atoms with Crippen LogP contribution in [0.2, 0.25) is 0 Å². The number of phosphoric acid groups is 1. The van der Waals surface area contributed by atoms with Gasteiger partial charge in [-0.2, -0.15) is 0 Å². The van der Waals surface area contributed by atoms with E-state index in [0.29, 0.717) is 0 Å². The van der Waals surface area contributed by atoms with Crippen LogP contribution in [0.25, 0.3) is 0 Å². The molecule has 0 aromatic heterocycles. The van der Waals surface area contributed by atoms with Crippen molar-refractivity contribution in [2.75, 3.05) is 19.8 Å². The smallest absolute Gasteiger partial charge is 0.394 e. The number of hydrogen-bond acceptors (Lipinski definition) is 6. The molecule has 16 heavy (non-hydrogen) atoms. The van der Waals surface area contributed by atoms with E-state index in [1.54, 1.807) is 0 Å². The van der Waals surface area contributed by atoms with E-state index in [4.69, 9.17) is 25.7 Å². The first kappa shape index (κ1) is 15.5. The molecule has 10 heteroatoms. The average Bonchev–Trinajstić information content (AvgIpc) is 2.21. The second kappa shape index (κ2) is 6.92. The molecular formula is C6H15N2O7P. The molecule has 0 heterocycles. The van der Waals surface area contributed by atoms with E-state index in [-0.39, 0.29) is 0 Å². The van der Waals surface area contributed by atoms with Crippen LogP contribution < -0.4 is 11.1 Å². The van der Waals surface area contributed by atoms with Gasteiger partial charge in [-0.05, 0) is 0 Å². The van der Waals surface area contributed by atoms with E-state index in [2.05, 4.69) is 9.84 Å². The summed E-state index contributed by atoms with van der Waals surface area (Å²) in [6, 6.07) is -2.16. The maximum Gasteiger partial charge on any atom is 0.469 e. The molecule has 7 N–H and O–H groups in total. The molecule has 0 rings (SSSR count). The molecule has 0 saturated carbocycles. The zero-order valence-electron chi connectivity index (χ0n) is 8.31. The molecule has 0 aromatic carbocycles. The molecule has 96 valence electrons. The van der Waals surface area contributed by atoms with Crippen LogP contribution in [0.4, 0.5) is 0 Å². The summed E-state index contributed by atoms with van der Waals surface area (Å²) in [4.78, 5) is 27.9. The zero-order chi connectivity index (χ0) is 12.8. The zero-order valence-corrected chi connectivity index (χ0v) is 9.21. The Kier molecular flexibility index (Phi) is 6.68. The van der Waals surface area contributed by atoms with Crippen molar-refractivity contribution in [2.24, 2.45) is 5.73 Å². The minimum Gasteiger partial charge on any atom is -0.394 e. The van der Waals surface area contributed by atoms with Gasteiger partial charge < -0.3 is 31.1 Å². The first-order chi connectivity index (χ1) is 7.30. The Balaban J connectivity index is 4.11. The maximum absolute atomic E-state index is 11.1. The molecule has 1 amide bonds. The summed E-state index contributed by atoms with van der Waals surface area (Å²) in [5, 5.41) is 19.5. The quantitative estimate of drug-likeness (QED) is 0.261. The molecule has 0 radical (unpaired) electrons. The van der Waals surface area contributed by atoms with Gasteiger partial charge in [0, 0.05) is 0 Å². The molecule has 0 aliphatic rings. The summed E-state index contributed by atoms with van der Waals surface area (Å²) < 4.78 is 14.4. The van der Waals surface area contributed by atoms with Gasteiger partial charge in [-0.1, -0.05) is 0 Å². The molecule has 0 bridgehead atoms. The van der Waals surface area contributed by atoms with Gasteiger partial charge in [-0.3, -0.25) is 9.32 Å². The average molecular weight is 258 g/mol. The third kappa shape index (κ3) is 6.85. The van der Waals surface area contributed by atoms with Crippen LogP contribution >= 0.6 is 7.82 Å². The number of carbonyl (C=O) groups excluding carboxylic acids is 1. The van der Waals surface area contributed by atoms with Gasteiger partial charge in [0.25, 0.3) is 0 Å². The lowest BCUT2D eigenvalue weighted by Crippen LogP contribution is -2.49. The van der Waals surface area contributed by atoms with Crippen molar-refractivity contribution in [3.05, 3.63) is 0 Å². The molecule has 0 unspecified atom stereocenters. The molecule has 0 aromatic rings. The van der Waals surface area contributed by atoms with Crippen LogP contribution in [0.3, 0.4) is 0 Å². The molecule has 2 atom stereocenters. The highest BCUT2D eigenvalue weighted by Crippen LogP contribution is 2.35. The Morgan fingerprint density at radius 2 is 1.94 bits per heavy atom. The van der Waals surface area contributed by atoms with Gasteiger partial charge in [-0.25, -0.2) is 4.57 Å². The number of rotatable bonds is 7. The minimum atomic E-state index is -4.65. The lowest BCUT2D eigenvalue weighted by Gasteiger charge is -2.18. The number of nitrogens with one attached hydrogen (secondary N) is 1. The highest BCUT2D eigenvalue weighted by Gasteiger charge is 2.21. The Morgan fingerprint density at radius 1 is 1.38 bits per heavy atom. The highest BCUT2D eigenvalue weighted by atomic mass is 31.2. The molecular weight excluding hydrogens is 243 g/mol. The summed E-state index contributed by atoms with van der Waals surface area (Å²) in [5.41, 5.74) is 5.16. The van der Waals surface area contributed by atoms with Gasteiger partial charge in [0.1, 0.15) is 6.04 Å². The van der Waals surface area contributed by atoms with E-state index < -0.39 is 45.6 Å².